The van der Waals surface area contributed by atoms with Gasteiger partial charge in [-0.1, -0.05) is 147 Å². The molecule has 0 aromatic heterocycles. The summed E-state index contributed by atoms with van der Waals surface area (Å²) in [7, 11) is -5.40. The second-order valence-electron chi connectivity index (χ2n) is 18.1. The van der Waals surface area contributed by atoms with Crippen LogP contribution < -0.4 is 0 Å². The number of rotatable bonds is 38. The second-order valence-corrected chi connectivity index (χ2v) is 19.5. The van der Waals surface area contributed by atoms with Gasteiger partial charge in [0.05, 0.1) is 13.2 Å². The van der Waals surface area contributed by atoms with Gasteiger partial charge in [0, 0.05) is 12.5 Å². The minimum Gasteiger partial charge on any atom is -0.458 e. The number of phosphoric acid groups is 1. The van der Waals surface area contributed by atoms with Crippen molar-refractivity contribution in [3.05, 3.63) is 36.5 Å². The predicted octanol–water partition coefficient (Wildman–Crippen LogP) is 5.66. The standard InChI is InChI=1S/C49H87O18P/c1-3-5-7-9-11-13-15-17-18-20-21-23-25-27-29-31-38(51)62-34-36(64-39(52)32-30-28-26-24-22-19-16-14-12-10-8-6-4-2)35-63-68(60,61)67-48-45(58)43(56)42(55)44(57)47(48)66-49-46(59)41(54)40(53)37(33-50)65-49/h19,22,25,27,29,31,36-37,40-50,53-59H,3-18,20-21,23-24,26,28,30,32-35H2,1-2H3,(H,60,61). The highest BCUT2D eigenvalue weighted by Crippen LogP contribution is 2.48. The number of carbonyl (C=O) groups excluding carboxylic acids is 2. The molecule has 18 nitrogen and oxygen atoms in total. The average molecular weight is 995 g/mol. The molecule has 9 N–H and O–H groups in total. The van der Waals surface area contributed by atoms with Crippen LogP contribution in [-0.2, 0) is 42.1 Å². The van der Waals surface area contributed by atoms with E-state index in [0.29, 0.717) is 6.42 Å². The van der Waals surface area contributed by atoms with E-state index in [9.17, 15) is 59.9 Å². The van der Waals surface area contributed by atoms with E-state index >= 15 is 0 Å². The largest absolute Gasteiger partial charge is 0.472 e. The van der Waals surface area contributed by atoms with Crippen molar-refractivity contribution in [2.45, 2.75) is 241 Å². The van der Waals surface area contributed by atoms with Crippen LogP contribution in [0.25, 0.3) is 0 Å². The van der Waals surface area contributed by atoms with E-state index in [1.807, 2.05) is 6.08 Å². The minimum absolute atomic E-state index is 0.00757. The third kappa shape index (κ3) is 25.3. The first-order valence-corrected chi connectivity index (χ1v) is 26.8. The Bertz CT molecular complexity index is 1460. The molecular formula is C49H87O18P. The van der Waals surface area contributed by atoms with Crippen LogP contribution in [0, 0.1) is 0 Å². The summed E-state index contributed by atoms with van der Waals surface area (Å²) in [5.41, 5.74) is 0. The van der Waals surface area contributed by atoms with E-state index in [-0.39, 0.29) is 6.42 Å². The molecule has 1 heterocycles. The molecule has 1 saturated carbocycles. The van der Waals surface area contributed by atoms with Gasteiger partial charge in [0.1, 0.15) is 67.6 Å². The van der Waals surface area contributed by atoms with Crippen LogP contribution in [0.1, 0.15) is 168 Å². The van der Waals surface area contributed by atoms with Crippen molar-refractivity contribution in [3.8, 4) is 0 Å². The molecule has 0 spiro atoms. The van der Waals surface area contributed by atoms with Gasteiger partial charge in [-0.2, -0.15) is 0 Å². The molecule has 68 heavy (non-hydrogen) atoms. The van der Waals surface area contributed by atoms with Crippen molar-refractivity contribution in [2.75, 3.05) is 19.8 Å². The zero-order valence-corrected chi connectivity index (χ0v) is 41.5. The number of hydrogen-bond acceptors (Lipinski definition) is 17. The van der Waals surface area contributed by atoms with Gasteiger partial charge in [0.25, 0.3) is 0 Å². The molecule has 0 amide bonds. The number of aliphatic hydroxyl groups excluding tert-OH is 8. The lowest BCUT2D eigenvalue weighted by Crippen LogP contribution is -2.67. The number of phosphoric ester groups is 1. The summed E-state index contributed by atoms with van der Waals surface area (Å²) in [6.45, 7) is 2.09. The Morgan fingerprint density at radius 1 is 0.588 bits per heavy atom. The predicted molar refractivity (Wildman–Crippen MR) is 254 cm³/mol. The fourth-order valence-electron chi connectivity index (χ4n) is 7.96. The third-order valence-electron chi connectivity index (χ3n) is 12.2. The van der Waals surface area contributed by atoms with Crippen LogP contribution >= 0.6 is 7.82 Å². The van der Waals surface area contributed by atoms with Crippen LogP contribution in [0.5, 0.6) is 0 Å². The monoisotopic (exact) mass is 995 g/mol. The maximum atomic E-state index is 13.4. The quantitative estimate of drug-likeness (QED) is 0.00901. The topological polar surface area (TPSA) is 289 Å². The Hall–Kier alpha value is -2.13. The zero-order valence-electron chi connectivity index (χ0n) is 40.6. The summed E-state index contributed by atoms with van der Waals surface area (Å²) in [6.07, 6.45) is 13.0. The molecule has 1 aliphatic carbocycles. The fourth-order valence-corrected chi connectivity index (χ4v) is 8.93. The fraction of sp³-hybridized carbons (Fsp3) is 0.837. The van der Waals surface area contributed by atoms with Gasteiger partial charge >= 0.3 is 19.8 Å². The molecule has 1 saturated heterocycles. The molecule has 0 aromatic rings. The number of aliphatic hydroxyl groups is 8. The average Bonchev–Trinajstić information content (AvgIpc) is 3.32. The molecule has 2 fully saturated rings. The van der Waals surface area contributed by atoms with Crippen molar-refractivity contribution >= 4 is 19.8 Å². The number of hydrogen-bond donors (Lipinski definition) is 9. The molecule has 2 aliphatic rings. The lowest BCUT2D eigenvalue weighted by Gasteiger charge is -2.47. The molecule has 0 bridgehead atoms. The Labute approximate surface area is 404 Å². The third-order valence-corrected chi connectivity index (χ3v) is 13.2. The lowest BCUT2D eigenvalue weighted by atomic mass is 9.84. The Morgan fingerprint density at radius 3 is 1.62 bits per heavy atom. The Kier molecular flexibility index (Phi) is 33.5. The van der Waals surface area contributed by atoms with Gasteiger partial charge in [-0.25, -0.2) is 9.36 Å². The highest BCUT2D eigenvalue weighted by molar-refractivity contribution is 7.47. The summed E-state index contributed by atoms with van der Waals surface area (Å²) in [6, 6.07) is 0. The zero-order chi connectivity index (χ0) is 50.2. The van der Waals surface area contributed by atoms with Crippen molar-refractivity contribution in [2.24, 2.45) is 0 Å². The van der Waals surface area contributed by atoms with Gasteiger partial charge in [-0.3, -0.25) is 13.8 Å². The van der Waals surface area contributed by atoms with Crippen molar-refractivity contribution in [3.63, 3.8) is 0 Å². The number of ether oxygens (including phenoxy) is 4. The first kappa shape index (κ1) is 62.0. The Balaban J connectivity index is 1.99. The lowest BCUT2D eigenvalue weighted by molar-refractivity contribution is -0.338. The number of carbonyl (C=O) groups is 2. The smallest absolute Gasteiger partial charge is 0.458 e. The molecule has 2 rings (SSSR count). The van der Waals surface area contributed by atoms with E-state index in [4.69, 9.17) is 28.0 Å². The van der Waals surface area contributed by atoms with E-state index in [2.05, 4.69) is 26.0 Å². The molecule has 0 aromatic carbocycles. The second kappa shape index (κ2) is 36.7. The SMILES string of the molecule is CCCCCCCCC=CCCCCCC(=O)OC(COC(=O)C=CC=CCCCCCCCCCCCCC)COP(=O)(O)OC1C(O)C(O)C(O)C(O)C1OC1OC(CO)C(O)C(O)C1O. The van der Waals surface area contributed by atoms with Crippen molar-refractivity contribution in [1.82, 2.24) is 0 Å². The van der Waals surface area contributed by atoms with Gasteiger partial charge in [0.2, 0.25) is 0 Å². The van der Waals surface area contributed by atoms with Gasteiger partial charge in [-0.05, 0) is 44.9 Å². The van der Waals surface area contributed by atoms with Crippen LogP contribution in [-0.4, -0.2) is 151 Å². The highest BCUT2D eigenvalue weighted by Gasteiger charge is 2.55. The van der Waals surface area contributed by atoms with Crippen molar-refractivity contribution < 1.29 is 87.9 Å². The summed E-state index contributed by atoms with van der Waals surface area (Å²) >= 11 is 0. The molecule has 0 radical (unpaired) electrons. The van der Waals surface area contributed by atoms with Crippen LogP contribution in [0.3, 0.4) is 0 Å². The molecular weight excluding hydrogens is 907 g/mol. The molecule has 19 heteroatoms. The highest BCUT2D eigenvalue weighted by atomic mass is 31.2. The number of unbranched alkanes of at least 4 members (excludes halogenated alkanes) is 20. The summed E-state index contributed by atoms with van der Waals surface area (Å²) < 4.78 is 45.2. The first-order chi connectivity index (χ1) is 32.7. The molecule has 1 aliphatic heterocycles. The van der Waals surface area contributed by atoms with Gasteiger partial charge in [-0.15, -0.1) is 0 Å². The summed E-state index contributed by atoms with van der Waals surface area (Å²) in [5, 5.41) is 82.9. The maximum absolute atomic E-state index is 13.4. The van der Waals surface area contributed by atoms with Crippen LogP contribution in [0.2, 0.25) is 0 Å². The van der Waals surface area contributed by atoms with E-state index < -0.39 is 113 Å². The molecule has 396 valence electrons. The van der Waals surface area contributed by atoms with E-state index in [1.54, 1.807) is 6.08 Å². The maximum Gasteiger partial charge on any atom is 0.472 e. The first-order valence-electron chi connectivity index (χ1n) is 25.4. The van der Waals surface area contributed by atoms with Crippen molar-refractivity contribution in [1.29, 1.82) is 0 Å². The number of esters is 2. The summed E-state index contributed by atoms with van der Waals surface area (Å²) in [4.78, 5) is 36.4. The summed E-state index contributed by atoms with van der Waals surface area (Å²) in [5.74, 6) is -1.49. The number of allylic oxidation sites excluding steroid dienone is 5. The van der Waals surface area contributed by atoms with Crippen LogP contribution in [0.15, 0.2) is 36.5 Å². The van der Waals surface area contributed by atoms with E-state index in [1.165, 1.54) is 102 Å². The molecule has 13 atom stereocenters. The molecule has 13 unspecified atom stereocenters. The van der Waals surface area contributed by atoms with Crippen LogP contribution in [0.4, 0.5) is 0 Å². The van der Waals surface area contributed by atoms with E-state index in [0.717, 1.165) is 51.4 Å². The van der Waals surface area contributed by atoms with Gasteiger partial charge < -0.3 is 64.7 Å². The minimum atomic E-state index is -5.40. The normalized spacial score (nSPS) is 28.1. The Morgan fingerprint density at radius 2 is 1.07 bits per heavy atom. The van der Waals surface area contributed by atoms with Gasteiger partial charge in [0.15, 0.2) is 12.4 Å².